The summed E-state index contributed by atoms with van der Waals surface area (Å²) < 4.78 is 12.2. The van der Waals surface area contributed by atoms with Crippen LogP contribution < -0.4 is 4.74 Å². The molecule has 0 saturated heterocycles. The quantitative estimate of drug-likeness (QED) is 0.673. The Morgan fingerprint density at radius 3 is 2.91 bits per heavy atom. The average molecular weight is 329 g/mol. The summed E-state index contributed by atoms with van der Waals surface area (Å²) in [5.74, 6) is 0.233. The number of aryl methyl sites for hydroxylation is 1. The molecule has 6 nitrogen and oxygen atoms in total. The van der Waals surface area contributed by atoms with E-state index in [9.17, 15) is 4.79 Å². The van der Waals surface area contributed by atoms with Crippen molar-refractivity contribution in [2.45, 2.75) is 6.61 Å². The molecule has 0 radical (unpaired) electrons. The van der Waals surface area contributed by atoms with Crippen LogP contribution in [0.2, 0.25) is 0 Å². The van der Waals surface area contributed by atoms with Gasteiger partial charge >= 0.3 is 5.97 Å². The zero-order valence-electron chi connectivity index (χ0n) is 12.7. The van der Waals surface area contributed by atoms with Gasteiger partial charge in [-0.25, -0.2) is 9.78 Å². The van der Waals surface area contributed by atoms with Gasteiger partial charge in [0.25, 0.3) is 0 Å². The summed E-state index contributed by atoms with van der Waals surface area (Å²) in [5.41, 5.74) is 1.98. The van der Waals surface area contributed by atoms with Gasteiger partial charge in [-0.2, -0.15) is 5.10 Å². The molecule has 2 heterocycles. The molecule has 1 aromatic carbocycles. The molecule has 0 aliphatic carbocycles. The lowest BCUT2D eigenvalue weighted by Crippen LogP contribution is -2.06. The standard InChI is InChI=1S/C16H15N3O3S/c1-19-8-12(7-17-19)15-18-13(10-23-15)16(20)22-9-11-5-3-4-6-14(11)21-2/h3-8,10H,9H2,1-2H3. The first-order chi connectivity index (χ1) is 11.2. The molecule has 0 unspecified atom stereocenters. The number of thiazole rings is 1. The summed E-state index contributed by atoms with van der Waals surface area (Å²) >= 11 is 1.38. The molecule has 0 aliphatic heterocycles. The Morgan fingerprint density at radius 1 is 1.35 bits per heavy atom. The van der Waals surface area contributed by atoms with Crippen molar-refractivity contribution < 1.29 is 14.3 Å². The van der Waals surface area contributed by atoms with Crippen molar-refractivity contribution >= 4 is 17.3 Å². The molecular weight excluding hydrogens is 314 g/mol. The molecule has 3 aromatic rings. The summed E-state index contributed by atoms with van der Waals surface area (Å²) in [5, 5.41) is 6.52. The summed E-state index contributed by atoms with van der Waals surface area (Å²) in [4.78, 5) is 16.4. The number of methoxy groups -OCH3 is 1. The third-order valence-corrected chi connectivity index (χ3v) is 4.11. The van der Waals surface area contributed by atoms with Gasteiger partial charge in [-0.1, -0.05) is 18.2 Å². The fraction of sp³-hybridized carbons (Fsp3) is 0.188. The Bertz CT molecular complexity index is 825. The lowest BCUT2D eigenvalue weighted by atomic mass is 10.2. The SMILES string of the molecule is COc1ccccc1COC(=O)c1csc(-c2cnn(C)c2)n1. The lowest BCUT2D eigenvalue weighted by molar-refractivity contribution is 0.0464. The first-order valence-electron chi connectivity index (χ1n) is 6.91. The van der Waals surface area contributed by atoms with Gasteiger partial charge in [0.2, 0.25) is 0 Å². The molecule has 0 spiro atoms. The smallest absolute Gasteiger partial charge is 0.358 e. The predicted molar refractivity (Wildman–Crippen MR) is 86.4 cm³/mol. The average Bonchev–Trinajstić information content (AvgIpc) is 3.21. The fourth-order valence-electron chi connectivity index (χ4n) is 2.07. The van der Waals surface area contributed by atoms with E-state index < -0.39 is 5.97 Å². The Morgan fingerprint density at radius 2 is 2.17 bits per heavy atom. The second kappa shape index (κ2) is 6.62. The third kappa shape index (κ3) is 3.40. The van der Waals surface area contributed by atoms with E-state index in [1.807, 2.05) is 37.5 Å². The molecular formula is C16H15N3O3S. The monoisotopic (exact) mass is 329 g/mol. The van der Waals surface area contributed by atoms with Crippen molar-refractivity contribution in [3.8, 4) is 16.3 Å². The van der Waals surface area contributed by atoms with Gasteiger partial charge in [0.05, 0.1) is 13.3 Å². The zero-order chi connectivity index (χ0) is 16.2. The molecule has 0 aliphatic rings. The Labute approximate surface area is 137 Å². The molecule has 0 bridgehead atoms. The van der Waals surface area contributed by atoms with Gasteiger partial charge in [0.1, 0.15) is 17.4 Å². The number of benzene rings is 1. The number of esters is 1. The van der Waals surface area contributed by atoms with Crippen LogP contribution in [0.1, 0.15) is 16.1 Å². The predicted octanol–water partition coefficient (Wildman–Crippen LogP) is 2.91. The second-order valence-electron chi connectivity index (χ2n) is 4.83. The number of nitrogens with zero attached hydrogens (tertiary/aromatic N) is 3. The summed E-state index contributed by atoms with van der Waals surface area (Å²) in [6, 6.07) is 7.42. The number of carbonyl (C=O) groups is 1. The number of para-hydroxylation sites is 1. The van der Waals surface area contributed by atoms with Crippen LogP contribution in [0.5, 0.6) is 5.75 Å². The van der Waals surface area contributed by atoms with Crippen molar-refractivity contribution in [1.29, 1.82) is 0 Å². The van der Waals surface area contributed by atoms with Crippen LogP contribution in [0, 0.1) is 0 Å². The Kier molecular flexibility index (Phi) is 4.38. The summed E-state index contributed by atoms with van der Waals surface area (Å²) in [6.45, 7) is 0.141. The van der Waals surface area contributed by atoms with Crippen LogP contribution in [0.25, 0.3) is 10.6 Å². The van der Waals surface area contributed by atoms with Crippen LogP contribution in [-0.2, 0) is 18.4 Å². The summed E-state index contributed by atoms with van der Waals surface area (Å²) in [6.07, 6.45) is 3.56. The van der Waals surface area contributed by atoms with Gasteiger partial charge in [-0.15, -0.1) is 11.3 Å². The third-order valence-electron chi connectivity index (χ3n) is 3.22. The van der Waals surface area contributed by atoms with Gasteiger partial charge < -0.3 is 9.47 Å². The van der Waals surface area contributed by atoms with E-state index in [1.54, 1.807) is 23.4 Å². The van der Waals surface area contributed by atoms with Crippen molar-refractivity contribution in [1.82, 2.24) is 14.8 Å². The maximum absolute atomic E-state index is 12.1. The highest BCUT2D eigenvalue weighted by molar-refractivity contribution is 7.13. The van der Waals surface area contributed by atoms with E-state index >= 15 is 0 Å². The van der Waals surface area contributed by atoms with Gasteiger partial charge in [0, 0.05) is 29.8 Å². The molecule has 2 aromatic heterocycles. The minimum Gasteiger partial charge on any atom is -0.496 e. The second-order valence-corrected chi connectivity index (χ2v) is 5.69. The molecule has 3 rings (SSSR count). The largest absolute Gasteiger partial charge is 0.496 e. The van der Waals surface area contributed by atoms with Crippen LogP contribution in [0.15, 0.2) is 42.0 Å². The van der Waals surface area contributed by atoms with Crippen LogP contribution in [0.3, 0.4) is 0 Å². The minimum atomic E-state index is -0.456. The highest BCUT2D eigenvalue weighted by Gasteiger charge is 2.15. The number of hydrogen-bond acceptors (Lipinski definition) is 6. The zero-order valence-corrected chi connectivity index (χ0v) is 13.5. The normalized spacial score (nSPS) is 10.5. The van der Waals surface area contributed by atoms with E-state index in [4.69, 9.17) is 9.47 Å². The minimum absolute atomic E-state index is 0.141. The van der Waals surface area contributed by atoms with Crippen molar-refractivity contribution in [2.24, 2.45) is 7.05 Å². The molecule has 118 valence electrons. The molecule has 7 heteroatoms. The van der Waals surface area contributed by atoms with E-state index in [0.717, 1.165) is 16.1 Å². The highest BCUT2D eigenvalue weighted by atomic mass is 32.1. The van der Waals surface area contributed by atoms with Crippen LogP contribution in [0.4, 0.5) is 0 Å². The molecule has 0 amide bonds. The van der Waals surface area contributed by atoms with Crippen molar-refractivity contribution in [3.63, 3.8) is 0 Å². The number of rotatable bonds is 5. The number of ether oxygens (including phenoxy) is 2. The van der Waals surface area contributed by atoms with E-state index in [1.165, 1.54) is 11.3 Å². The van der Waals surface area contributed by atoms with Gasteiger partial charge in [0.15, 0.2) is 5.69 Å². The van der Waals surface area contributed by atoms with Crippen LogP contribution in [-0.4, -0.2) is 27.8 Å². The maximum atomic E-state index is 12.1. The van der Waals surface area contributed by atoms with Crippen molar-refractivity contribution in [2.75, 3.05) is 7.11 Å². The van der Waals surface area contributed by atoms with E-state index in [2.05, 4.69) is 10.1 Å². The highest BCUT2D eigenvalue weighted by Crippen LogP contribution is 2.24. The van der Waals surface area contributed by atoms with E-state index in [0.29, 0.717) is 11.4 Å². The molecule has 0 fully saturated rings. The number of hydrogen-bond donors (Lipinski definition) is 0. The Balaban J connectivity index is 1.68. The van der Waals surface area contributed by atoms with Gasteiger partial charge in [-0.05, 0) is 6.07 Å². The topological polar surface area (TPSA) is 66.2 Å². The van der Waals surface area contributed by atoms with Crippen LogP contribution >= 0.6 is 11.3 Å². The lowest BCUT2D eigenvalue weighted by Gasteiger charge is -2.08. The maximum Gasteiger partial charge on any atom is 0.358 e. The first kappa shape index (κ1) is 15.2. The van der Waals surface area contributed by atoms with Gasteiger partial charge in [-0.3, -0.25) is 4.68 Å². The first-order valence-corrected chi connectivity index (χ1v) is 7.79. The van der Waals surface area contributed by atoms with Crippen molar-refractivity contribution in [3.05, 3.63) is 53.3 Å². The molecule has 23 heavy (non-hydrogen) atoms. The number of carbonyl (C=O) groups excluding carboxylic acids is 1. The Hall–Kier alpha value is -2.67. The fourth-order valence-corrected chi connectivity index (χ4v) is 2.84. The molecule has 0 N–H and O–H groups in total. The van der Waals surface area contributed by atoms with E-state index in [-0.39, 0.29) is 6.61 Å². The summed E-state index contributed by atoms with van der Waals surface area (Å²) in [7, 11) is 3.42. The molecule has 0 saturated carbocycles. The number of aromatic nitrogens is 3. The molecule has 0 atom stereocenters.